The average molecular weight is 338 g/mol. The minimum atomic E-state index is -0.489. The number of hydrogen-bond donors (Lipinski definition) is 1. The molecule has 0 fully saturated rings. The molecule has 0 atom stereocenters. The second-order valence-electron chi connectivity index (χ2n) is 5.99. The molecule has 2 aromatic heterocycles. The SMILES string of the molecule is Cc1cccc(C)c1NC(=O)c1ccc2c(=O)n(C)c(=O)n(C)c2n1. The third-order valence-electron chi connectivity index (χ3n) is 4.25. The summed E-state index contributed by atoms with van der Waals surface area (Å²) in [7, 11) is 2.93. The molecule has 3 rings (SSSR count). The van der Waals surface area contributed by atoms with Crippen LogP contribution in [-0.4, -0.2) is 20.0 Å². The van der Waals surface area contributed by atoms with Crippen LogP contribution in [0.5, 0.6) is 0 Å². The van der Waals surface area contributed by atoms with Gasteiger partial charge in [0.05, 0.1) is 5.39 Å². The summed E-state index contributed by atoms with van der Waals surface area (Å²) in [4.78, 5) is 41.0. The van der Waals surface area contributed by atoms with Crippen LogP contribution in [0.3, 0.4) is 0 Å². The summed E-state index contributed by atoms with van der Waals surface area (Å²) in [6.45, 7) is 3.81. The highest BCUT2D eigenvalue weighted by Gasteiger charge is 2.15. The molecule has 7 nitrogen and oxygen atoms in total. The number of carbonyl (C=O) groups excluding carboxylic acids is 1. The topological polar surface area (TPSA) is 86.0 Å². The monoisotopic (exact) mass is 338 g/mol. The van der Waals surface area contributed by atoms with E-state index in [1.807, 2.05) is 32.0 Å². The number of aromatic nitrogens is 3. The van der Waals surface area contributed by atoms with Crippen LogP contribution in [-0.2, 0) is 14.1 Å². The number of aryl methyl sites for hydroxylation is 3. The van der Waals surface area contributed by atoms with Crippen molar-refractivity contribution in [3.05, 3.63) is 68.0 Å². The summed E-state index contributed by atoms with van der Waals surface area (Å²) in [6, 6.07) is 8.73. The van der Waals surface area contributed by atoms with E-state index in [2.05, 4.69) is 10.3 Å². The zero-order chi connectivity index (χ0) is 18.3. The number of rotatable bonds is 2. The Morgan fingerprint density at radius 2 is 1.64 bits per heavy atom. The molecular weight excluding hydrogens is 320 g/mol. The van der Waals surface area contributed by atoms with Gasteiger partial charge in [0.2, 0.25) is 0 Å². The lowest BCUT2D eigenvalue weighted by Crippen LogP contribution is -2.37. The minimum Gasteiger partial charge on any atom is -0.320 e. The van der Waals surface area contributed by atoms with E-state index in [-0.39, 0.29) is 16.7 Å². The molecule has 0 spiro atoms. The number of pyridine rings is 1. The second kappa shape index (κ2) is 6.01. The molecular formula is C18H18N4O3. The predicted molar refractivity (Wildman–Crippen MR) is 96.1 cm³/mol. The third-order valence-corrected chi connectivity index (χ3v) is 4.25. The Bertz CT molecular complexity index is 1110. The van der Waals surface area contributed by atoms with Gasteiger partial charge < -0.3 is 5.32 Å². The molecule has 2 heterocycles. The highest BCUT2D eigenvalue weighted by molar-refractivity contribution is 6.04. The van der Waals surface area contributed by atoms with Gasteiger partial charge in [0.15, 0.2) is 0 Å². The van der Waals surface area contributed by atoms with Gasteiger partial charge in [-0.1, -0.05) is 18.2 Å². The molecule has 0 aliphatic heterocycles. The molecule has 0 bridgehead atoms. The Labute approximate surface area is 143 Å². The lowest BCUT2D eigenvalue weighted by molar-refractivity contribution is 0.102. The minimum absolute atomic E-state index is 0.137. The normalized spacial score (nSPS) is 10.9. The maximum atomic E-state index is 12.6. The van der Waals surface area contributed by atoms with Crippen molar-refractivity contribution in [3.8, 4) is 0 Å². The van der Waals surface area contributed by atoms with Crippen LogP contribution in [0.1, 0.15) is 21.6 Å². The van der Waals surface area contributed by atoms with Crippen LogP contribution in [0.15, 0.2) is 39.9 Å². The van der Waals surface area contributed by atoms with Gasteiger partial charge in [0, 0.05) is 19.8 Å². The van der Waals surface area contributed by atoms with Crippen molar-refractivity contribution in [2.75, 3.05) is 5.32 Å². The van der Waals surface area contributed by atoms with E-state index in [9.17, 15) is 14.4 Å². The number of para-hydroxylation sites is 1. The molecule has 0 saturated heterocycles. The standard InChI is InChI=1S/C18H18N4O3/c1-10-6-5-7-11(2)14(10)20-16(23)13-9-8-12-15(19-13)21(3)18(25)22(4)17(12)24/h5-9H,1-4H3,(H,20,23). The van der Waals surface area contributed by atoms with Gasteiger partial charge in [-0.25, -0.2) is 9.78 Å². The van der Waals surface area contributed by atoms with Crippen molar-refractivity contribution in [1.29, 1.82) is 0 Å². The van der Waals surface area contributed by atoms with Gasteiger partial charge in [-0.15, -0.1) is 0 Å². The summed E-state index contributed by atoms with van der Waals surface area (Å²) in [5, 5.41) is 3.13. The second-order valence-corrected chi connectivity index (χ2v) is 5.99. The van der Waals surface area contributed by atoms with E-state index < -0.39 is 17.2 Å². The lowest BCUT2D eigenvalue weighted by Gasteiger charge is -2.12. The van der Waals surface area contributed by atoms with Gasteiger partial charge in [-0.05, 0) is 37.1 Å². The summed E-state index contributed by atoms with van der Waals surface area (Å²) >= 11 is 0. The number of fused-ring (bicyclic) bond motifs is 1. The van der Waals surface area contributed by atoms with Crippen molar-refractivity contribution in [2.24, 2.45) is 14.1 Å². The fourth-order valence-electron chi connectivity index (χ4n) is 2.77. The highest BCUT2D eigenvalue weighted by Crippen LogP contribution is 2.20. The number of amides is 1. The lowest BCUT2D eigenvalue weighted by atomic mass is 10.1. The molecule has 0 saturated carbocycles. The third kappa shape index (κ3) is 2.73. The fourth-order valence-corrected chi connectivity index (χ4v) is 2.77. The van der Waals surface area contributed by atoms with Gasteiger partial charge in [0.25, 0.3) is 11.5 Å². The molecule has 7 heteroatoms. The Balaban J connectivity index is 2.09. The number of nitrogens with zero attached hydrogens (tertiary/aromatic N) is 3. The number of benzene rings is 1. The van der Waals surface area contributed by atoms with Gasteiger partial charge in [-0.3, -0.25) is 18.7 Å². The van der Waals surface area contributed by atoms with Gasteiger partial charge in [-0.2, -0.15) is 0 Å². The number of nitrogens with one attached hydrogen (secondary N) is 1. The molecule has 25 heavy (non-hydrogen) atoms. The van der Waals surface area contributed by atoms with E-state index in [0.29, 0.717) is 0 Å². The predicted octanol–water partition coefficient (Wildman–Crippen LogP) is 1.50. The number of anilines is 1. The van der Waals surface area contributed by atoms with Gasteiger partial charge >= 0.3 is 5.69 Å². The van der Waals surface area contributed by atoms with Crippen molar-refractivity contribution < 1.29 is 4.79 Å². The molecule has 0 radical (unpaired) electrons. The zero-order valence-corrected chi connectivity index (χ0v) is 14.5. The van der Waals surface area contributed by atoms with Crippen LogP contribution >= 0.6 is 0 Å². The average Bonchev–Trinajstić information content (AvgIpc) is 2.60. The molecule has 1 amide bonds. The van der Waals surface area contributed by atoms with Crippen LogP contribution in [0.4, 0.5) is 5.69 Å². The van der Waals surface area contributed by atoms with Crippen molar-refractivity contribution in [2.45, 2.75) is 13.8 Å². The first-order chi connectivity index (χ1) is 11.8. The molecule has 1 N–H and O–H groups in total. The highest BCUT2D eigenvalue weighted by atomic mass is 16.2. The zero-order valence-electron chi connectivity index (χ0n) is 14.5. The first-order valence-corrected chi connectivity index (χ1v) is 7.75. The Kier molecular flexibility index (Phi) is 4.00. The molecule has 0 aliphatic carbocycles. The maximum absolute atomic E-state index is 12.6. The van der Waals surface area contributed by atoms with Crippen LogP contribution in [0.25, 0.3) is 11.0 Å². The Morgan fingerprint density at radius 1 is 1.00 bits per heavy atom. The van der Waals surface area contributed by atoms with Crippen molar-refractivity contribution in [1.82, 2.24) is 14.1 Å². The summed E-state index contributed by atoms with van der Waals surface area (Å²) in [5.41, 5.74) is 2.00. The largest absolute Gasteiger partial charge is 0.332 e. The first kappa shape index (κ1) is 16.6. The summed E-state index contributed by atoms with van der Waals surface area (Å²) in [5.74, 6) is -0.396. The Morgan fingerprint density at radius 3 is 2.28 bits per heavy atom. The van der Waals surface area contributed by atoms with E-state index in [4.69, 9.17) is 0 Å². The smallest absolute Gasteiger partial charge is 0.320 e. The van der Waals surface area contributed by atoms with Gasteiger partial charge in [0.1, 0.15) is 11.3 Å². The summed E-state index contributed by atoms with van der Waals surface area (Å²) in [6.07, 6.45) is 0. The van der Waals surface area contributed by atoms with Crippen LogP contribution < -0.4 is 16.6 Å². The maximum Gasteiger partial charge on any atom is 0.332 e. The van der Waals surface area contributed by atoms with Crippen LogP contribution in [0.2, 0.25) is 0 Å². The molecule has 128 valence electrons. The fraction of sp³-hybridized carbons (Fsp3) is 0.222. The first-order valence-electron chi connectivity index (χ1n) is 7.75. The van der Waals surface area contributed by atoms with E-state index in [0.717, 1.165) is 21.4 Å². The molecule has 0 aliphatic rings. The van der Waals surface area contributed by atoms with E-state index in [1.54, 1.807) is 0 Å². The van der Waals surface area contributed by atoms with Crippen molar-refractivity contribution >= 4 is 22.6 Å². The quantitative estimate of drug-likeness (QED) is 0.767. The van der Waals surface area contributed by atoms with E-state index in [1.165, 1.54) is 30.8 Å². The number of carbonyl (C=O) groups is 1. The van der Waals surface area contributed by atoms with Crippen LogP contribution in [0, 0.1) is 13.8 Å². The van der Waals surface area contributed by atoms with Crippen molar-refractivity contribution in [3.63, 3.8) is 0 Å². The molecule has 3 aromatic rings. The Hall–Kier alpha value is -3.22. The summed E-state index contributed by atoms with van der Waals surface area (Å²) < 4.78 is 2.27. The number of hydrogen-bond acceptors (Lipinski definition) is 4. The van der Waals surface area contributed by atoms with E-state index >= 15 is 0 Å². The molecule has 0 unspecified atom stereocenters. The molecule has 1 aromatic carbocycles.